The van der Waals surface area contributed by atoms with Gasteiger partial charge in [-0.1, -0.05) is 6.07 Å². The van der Waals surface area contributed by atoms with Crippen LogP contribution in [-0.4, -0.2) is 27.8 Å². The van der Waals surface area contributed by atoms with Gasteiger partial charge in [0, 0.05) is 43.8 Å². The van der Waals surface area contributed by atoms with Crippen molar-refractivity contribution in [3.63, 3.8) is 0 Å². The summed E-state index contributed by atoms with van der Waals surface area (Å²) >= 11 is 0. The molecular formula is C18H20N6. The summed E-state index contributed by atoms with van der Waals surface area (Å²) in [5.41, 5.74) is 11.2. The number of allylic oxidation sites excluding steroid dienone is 1. The number of nitrogens with zero attached hydrogens (tertiary/aromatic N) is 4. The van der Waals surface area contributed by atoms with Crippen molar-refractivity contribution in [1.29, 1.82) is 5.41 Å². The number of rotatable bonds is 4. The number of pyridine rings is 1. The minimum absolute atomic E-state index is 0.696. The zero-order valence-corrected chi connectivity index (χ0v) is 14.0. The van der Waals surface area contributed by atoms with Crippen LogP contribution in [0.4, 0.5) is 11.5 Å². The molecule has 3 rings (SSSR count). The van der Waals surface area contributed by atoms with Crippen molar-refractivity contribution in [3.05, 3.63) is 54.1 Å². The van der Waals surface area contributed by atoms with Gasteiger partial charge in [0.25, 0.3) is 0 Å². The Balaban J connectivity index is 2.00. The van der Waals surface area contributed by atoms with Gasteiger partial charge in [-0.3, -0.25) is 0 Å². The molecule has 3 aromatic rings. The third kappa shape index (κ3) is 2.62. The van der Waals surface area contributed by atoms with E-state index in [-0.39, 0.29) is 0 Å². The highest BCUT2D eigenvalue weighted by molar-refractivity contribution is 6.08. The van der Waals surface area contributed by atoms with Crippen LogP contribution in [0.1, 0.15) is 11.1 Å². The third-order valence-corrected chi connectivity index (χ3v) is 4.17. The lowest BCUT2D eigenvalue weighted by Crippen LogP contribution is -2.12. The second kappa shape index (κ2) is 6.16. The summed E-state index contributed by atoms with van der Waals surface area (Å²) < 4.78 is 1.98. The van der Waals surface area contributed by atoms with E-state index < -0.39 is 0 Å². The summed E-state index contributed by atoms with van der Waals surface area (Å²) in [5.74, 6) is 0.851. The molecule has 0 radical (unpaired) electrons. The molecule has 0 bridgehead atoms. The molecule has 6 nitrogen and oxygen atoms in total. The molecule has 0 fully saturated rings. The fourth-order valence-corrected chi connectivity index (χ4v) is 2.77. The van der Waals surface area contributed by atoms with E-state index in [1.54, 1.807) is 12.5 Å². The second-order valence-electron chi connectivity index (χ2n) is 5.71. The van der Waals surface area contributed by atoms with Crippen LogP contribution < -0.4 is 10.6 Å². The Morgan fingerprint density at radius 3 is 2.75 bits per heavy atom. The quantitative estimate of drug-likeness (QED) is 0.724. The highest BCUT2D eigenvalue weighted by Gasteiger charge is 2.11. The van der Waals surface area contributed by atoms with Crippen LogP contribution in [0.2, 0.25) is 0 Å². The second-order valence-corrected chi connectivity index (χ2v) is 5.71. The van der Waals surface area contributed by atoms with Crippen LogP contribution in [0.25, 0.3) is 16.6 Å². The van der Waals surface area contributed by atoms with Crippen LogP contribution in [0.3, 0.4) is 0 Å². The molecule has 0 amide bonds. The summed E-state index contributed by atoms with van der Waals surface area (Å²) in [6.07, 6.45) is 6.28. The summed E-state index contributed by atoms with van der Waals surface area (Å²) in [4.78, 5) is 10.9. The molecule has 2 aromatic heterocycles. The molecule has 3 N–H and O–H groups in total. The molecule has 0 atom stereocenters. The Labute approximate surface area is 140 Å². The first-order valence-electron chi connectivity index (χ1n) is 7.59. The van der Waals surface area contributed by atoms with Gasteiger partial charge < -0.3 is 20.6 Å². The first-order valence-corrected chi connectivity index (χ1v) is 7.59. The molecule has 1 aromatic carbocycles. The maximum Gasteiger partial charge on any atom is 0.134 e. The van der Waals surface area contributed by atoms with Gasteiger partial charge in [-0.15, -0.1) is 0 Å². The van der Waals surface area contributed by atoms with Crippen molar-refractivity contribution in [2.75, 3.05) is 11.9 Å². The first kappa shape index (κ1) is 15.7. The van der Waals surface area contributed by atoms with Gasteiger partial charge >= 0.3 is 0 Å². The van der Waals surface area contributed by atoms with Crippen LogP contribution in [0.15, 0.2) is 43.0 Å². The molecule has 24 heavy (non-hydrogen) atoms. The smallest absolute Gasteiger partial charge is 0.134 e. The Kier molecular flexibility index (Phi) is 4.04. The van der Waals surface area contributed by atoms with Gasteiger partial charge in [0.05, 0.1) is 18.0 Å². The zero-order chi connectivity index (χ0) is 17.3. The van der Waals surface area contributed by atoms with E-state index in [0.717, 1.165) is 33.7 Å². The van der Waals surface area contributed by atoms with E-state index in [0.29, 0.717) is 5.57 Å². The number of nitrogens with two attached hydrogens (primary N) is 1. The van der Waals surface area contributed by atoms with Crippen LogP contribution in [0.5, 0.6) is 0 Å². The normalized spacial score (nSPS) is 11.7. The van der Waals surface area contributed by atoms with E-state index >= 15 is 0 Å². The summed E-state index contributed by atoms with van der Waals surface area (Å²) in [6.45, 7) is 2.04. The van der Waals surface area contributed by atoms with Crippen LogP contribution in [-0.2, 0) is 7.05 Å². The van der Waals surface area contributed by atoms with Crippen molar-refractivity contribution in [2.24, 2.45) is 12.8 Å². The Bertz CT molecular complexity index is 938. The third-order valence-electron chi connectivity index (χ3n) is 4.17. The molecule has 122 valence electrons. The minimum atomic E-state index is 0.696. The highest BCUT2D eigenvalue weighted by Crippen LogP contribution is 2.29. The van der Waals surface area contributed by atoms with Crippen molar-refractivity contribution >= 4 is 34.3 Å². The van der Waals surface area contributed by atoms with Gasteiger partial charge in [-0.05, 0) is 30.2 Å². The molecule has 0 saturated heterocycles. The molecule has 6 heteroatoms. The summed E-state index contributed by atoms with van der Waals surface area (Å²) in [5, 5.41) is 7.42. The molecule has 0 aliphatic heterocycles. The van der Waals surface area contributed by atoms with Crippen molar-refractivity contribution in [1.82, 2.24) is 14.5 Å². The number of fused-ring (bicyclic) bond motifs is 1. The summed E-state index contributed by atoms with van der Waals surface area (Å²) in [6, 6.07) is 8.04. The first-order chi connectivity index (χ1) is 11.5. The predicted octanol–water partition coefficient (Wildman–Crippen LogP) is 2.99. The number of hydrogen-bond donors (Lipinski definition) is 2. The van der Waals surface area contributed by atoms with Crippen LogP contribution in [0, 0.1) is 12.3 Å². The van der Waals surface area contributed by atoms with Crippen molar-refractivity contribution in [2.45, 2.75) is 6.92 Å². The van der Waals surface area contributed by atoms with Crippen molar-refractivity contribution < 1.29 is 0 Å². The number of aryl methyl sites for hydroxylation is 2. The van der Waals surface area contributed by atoms with Gasteiger partial charge in [-0.2, -0.15) is 0 Å². The largest absolute Gasteiger partial charge is 0.404 e. The lowest BCUT2D eigenvalue weighted by Gasteiger charge is -2.21. The minimum Gasteiger partial charge on any atom is -0.404 e. The monoisotopic (exact) mass is 320 g/mol. The lowest BCUT2D eigenvalue weighted by molar-refractivity contribution is 0.946. The van der Waals surface area contributed by atoms with Gasteiger partial charge in [-0.25, -0.2) is 9.97 Å². The molecule has 0 aliphatic rings. The number of hydrogen-bond acceptors (Lipinski definition) is 5. The van der Waals surface area contributed by atoms with E-state index in [1.807, 2.05) is 54.8 Å². The van der Waals surface area contributed by atoms with E-state index in [1.165, 1.54) is 12.4 Å². The predicted molar refractivity (Wildman–Crippen MR) is 98.7 cm³/mol. The molecule has 0 aliphatic carbocycles. The fraction of sp³-hybridized carbons (Fsp3) is 0.167. The number of anilines is 2. The Morgan fingerprint density at radius 1 is 1.29 bits per heavy atom. The van der Waals surface area contributed by atoms with E-state index in [2.05, 4.69) is 9.97 Å². The maximum atomic E-state index is 7.42. The SMILES string of the molecule is Cc1cc(/C(C=N)=C/N)ccc1N(C)c1cc2c(cn1)ncn2C. The zero-order valence-electron chi connectivity index (χ0n) is 14.0. The molecule has 2 heterocycles. The van der Waals surface area contributed by atoms with Gasteiger partial charge in [0.15, 0.2) is 0 Å². The number of imidazole rings is 1. The average Bonchev–Trinajstić information content (AvgIpc) is 2.96. The molecule has 0 unspecified atom stereocenters. The van der Waals surface area contributed by atoms with Gasteiger partial charge in [0.1, 0.15) is 11.3 Å². The Hall–Kier alpha value is -3.15. The Morgan fingerprint density at radius 2 is 2.08 bits per heavy atom. The van der Waals surface area contributed by atoms with E-state index in [9.17, 15) is 0 Å². The molecule has 0 saturated carbocycles. The lowest BCUT2D eigenvalue weighted by atomic mass is 10.0. The van der Waals surface area contributed by atoms with E-state index in [4.69, 9.17) is 11.1 Å². The molecular weight excluding hydrogens is 300 g/mol. The molecule has 0 spiro atoms. The number of aromatic nitrogens is 3. The van der Waals surface area contributed by atoms with Gasteiger partial charge in [0.2, 0.25) is 0 Å². The average molecular weight is 320 g/mol. The number of nitrogens with one attached hydrogen (secondary N) is 1. The van der Waals surface area contributed by atoms with Crippen molar-refractivity contribution in [3.8, 4) is 0 Å². The number of benzene rings is 1. The van der Waals surface area contributed by atoms with Crippen LogP contribution >= 0.6 is 0 Å². The summed E-state index contributed by atoms with van der Waals surface area (Å²) in [7, 11) is 3.96. The topological polar surface area (TPSA) is 83.8 Å². The standard InChI is InChI=1S/C18H20N6/c1-12-6-13(14(8-19)9-20)4-5-16(12)24(3)18-7-17-15(10-21-18)22-11-23(17)2/h4-11,19H,20H2,1-3H3/b14-9+,19-8?. The maximum absolute atomic E-state index is 7.42. The fourth-order valence-electron chi connectivity index (χ4n) is 2.77. The highest BCUT2D eigenvalue weighted by atomic mass is 15.2.